The van der Waals surface area contributed by atoms with Gasteiger partial charge >= 0.3 is 12.3 Å². The van der Waals surface area contributed by atoms with Crippen molar-refractivity contribution in [3.05, 3.63) is 89.8 Å². The van der Waals surface area contributed by atoms with Crippen molar-refractivity contribution in [3.63, 3.8) is 0 Å². The Labute approximate surface area is 193 Å². The smallest absolute Gasteiger partial charge is 0.485 e. The minimum atomic E-state index is -4.78. The Morgan fingerprint density at radius 3 is 2.53 bits per heavy atom. The number of ether oxygens (including phenoxy) is 2. The summed E-state index contributed by atoms with van der Waals surface area (Å²) in [6.45, 7) is 0. The minimum absolute atomic E-state index is 0.0179. The monoisotopic (exact) mass is 473 g/mol. The summed E-state index contributed by atoms with van der Waals surface area (Å²) >= 11 is 0. The number of hydrogen-bond acceptors (Lipinski definition) is 5. The molecule has 1 aliphatic rings. The molecule has 3 unspecified atom stereocenters. The summed E-state index contributed by atoms with van der Waals surface area (Å²) in [6.07, 6.45) is 1.61. The summed E-state index contributed by atoms with van der Waals surface area (Å²) < 4.78 is 53.3. The van der Waals surface area contributed by atoms with Crippen LogP contribution in [0.5, 0.6) is 11.5 Å². The van der Waals surface area contributed by atoms with Gasteiger partial charge in [-0.1, -0.05) is 41.6 Å². The first-order chi connectivity index (χ1) is 16.3. The van der Waals surface area contributed by atoms with Crippen LogP contribution in [-0.2, 0) is 4.79 Å². The van der Waals surface area contributed by atoms with Crippen LogP contribution in [0.3, 0.4) is 0 Å². The molecule has 1 aromatic heterocycles. The van der Waals surface area contributed by atoms with Crippen molar-refractivity contribution in [2.75, 3.05) is 0 Å². The molecule has 0 aliphatic heterocycles. The third-order valence-electron chi connectivity index (χ3n) is 5.60. The molecule has 0 radical (unpaired) electrons. The van der Waals surface area contributed by atoms with E-state index in [0.717, 1.165) is 18.4 Å². The summed E-state index contributed by atoms with van der Waals surface area (Å²) in [7, 11) is 0. The number of alkyl halides is 3. The van der Waals surface area contributed by atoms with Gasteiger partial charge in [-0.2, -0.15) is 0 Å². The molecule has 3 atom stereocenters. The summed E-state index contributed by atoms with van der Waals surface area (Å²) in [5.41, 5.74) is 1.79. The number of hydrogen-bond donors (Lipinski definition) is 1. The van der Waals surface area contributed by atoms with E-state index in [9.17, 15) is 23.1 Å². The fourth-order valence-electron chi connectivity index (χ4n) is 4.09. The Hall–Kier alpha value is -3.75. The SMILES string of the molecule is O=C(O)CC(c1ccc(OC(c2cccc(OC(F)(F)F)c2)C2C=CCC2)cc1)c1ccon1. The first-order valence-electron chi connectivity index (χ1n) is 10.7. The number of halogens is 3. The van der Waals surface area contributed by atoms with E-state index in [1.807, 2.05) is 12.2 Å². The molecule has 4 rings (SSSR count). The van der Waals surface area contributed by atoms with Crippen molar-refractivity contribution in [1.29, 1.82) is 0 Å². The highest BCUT2D eigenvalue weighted by Crippen LogP contribution is 2.37. The molecule has 2 aromatic carbocycles. The van der Waals surface area contributed by atoms with Crippen molar-refractivity contribution >= 4 is 5.97 Å². The summed E-state index contributed by atoms with van der Waals surface area (Å²) in [4.78, 5) is 11.3. The quantitative estimate of drug-likeness (QED) is 0.369. The zero-order valence-electron chi connectivity index (χ0n) is 17.9. The highest BCUT2D eigenvalue weighted by atomic mass is 19.4. The average Bonchev–Trinajstić information content (AvgIpc) is 3.50. The van der Waals surface area contributed by atoms with Gasteiger partial charge in [0.05, 0.1) is 12.1 Å². The van der Waals surface area contributed by atoms with Crippen molar-refractivity contribution in [1.82, 2.24) is 5.16 Å². The molecule has 0 fully saturated rings. The topological polar surface area (TPSA) is 81.8 Å². The fourth-order valence-corrected chi connectivity index (χ4v) is 4.09. The van der Waals surface area contributed by atoms with Gasteiger partial charge in [-0.15, -0.1) is 13.2 Å². The number of aliphatic carboxylic acids is 1. The van der Waals surface area contributed by atoms with Gasteiger partial charge in [0.25, 0.3) is 0 Å². The van der Waals surface area contributed by atoms with Crippen LogP contribution in [0.25, 0.3) is 0 Å². The van der Waals surface area contributed by atoms with Gasteiger partial charge in [-0.3, -0.25) is 4.79 Å². The van der Waals surface area contributed by atoms with E-state index < -0.39 is 24.4 Å². The van der Waals surface area contributed by atoms with Crippen LogP contribution in [0.1, 0.15) is 48.1 Å². The molecule has 3 aromatic rings. The molecule has 0 amide bonds. The molecule has 1 N–H and O–H groups in total. The zero-order valence-corrected chi connectivity index (χ0v) is 17.9. The molecule has 178 valence electrons. The van der Waals surface area contributed by atoms with Crippen LogP contribution in [0, 0.1) is 5.92 Å². The van der Waals surface area contributed by atoms with E-state index in [4.69, 9.17) is 9.26 Å². The van der Waals surface area contributed by atoms with Gasteiger partial charge in [0.15, 0.2) is 0 Å². The van der Waals surface area contributed by atoms with Crippen molar-refractivity contribution in [2.45, 2.75) is 37.6 Å². The van der Waals surface area contributed by atoms with Gasteiger partial charge in [-0.05, 0) is 48.2 Å². The maximum Gasteiger partial charge on any atom is 0.573 e. The van der Waals surface area contributed by atoms with Crippen LogP contribution in [-0.4, -0.2) is 22.6 Å². The number of carbonyl (C=O) groups is 1. The Morgan fingerprint density at radius 2 is 1.91 bits per heavy atom. The molecule has 34 heavy (non-hydrogen) atoms. The molecule has 0 spiro atoms. The third-order valence-corrected chi connectivity index (χ3v) is 5.60. The lowest BCUT2D eigenvalue weighted by Gasteiger charge is -2.25. The second-order valence-corrected chi connectivity index (χ2v) is 7.97. The fraction of sp³-hybridized carbons (Fsp3) is 0.280. The van der Waals surface area contributed by atoms with E-state index in [-0.39, 0.29) is 18.1 Å². The van der Waals surface area contributed by atoms with Crippen LogP contribution in [0.15, 0.2) is 77.5 Å². The Bertz CT molecular complexity index is 1130. The number of aromatic nitrogens is 1. The van der Waals surface area contributed by atoms with E-state index in [1.54, 1.807) is 36.4 Å². The maximum absolute atomic E-state index is 12.7. The average molecular weight is 473 g/mol. The molecular weight excluding hydrogens is 451 g/mol. The Balaban J connectivity index is 1.57. The lowest BCUT2D eigenvalue weighted by molar-refractivity contribution is -0.274. The molecule has 1 aliphatic carbocycles. The second kappa shape index (κ2) is 10.0. The molecule has 0 bridgehead atoms. The summed E-state index contributed by atoms with van der Waals surface area (Å²) in [5, 5.41) is 13.2. The van der Waals surface area contributed by atoms with Crippen LogP contribution in [0.2, 0.25) is 0 Å². The second-order valence-electron chi connectivity index (χ2n) is 7.97. The van der Waals surface area contributed by atoms with Gasteiger partial charge in [0.2, 0.25) is 0 Å². The highest BCUT2D eigenvalue weighted by molar-refractivity contribution is 5.68. The number of benzene rings is 2. The third kappa shape index (κ3) is 5.98. The molecular formula is C25H22F3NO5. The number of carboxylic acids is 1. The van der Waals surface area contributed by atoms with Crippen LogP contribution in [0.4, 0.5) is 13.2 Å². The number of nitrogens with zero attached hydrogens (tertiary/aromatic N) is 1. The molecule has 0 saturated heterocycles. The summed E-state index contributed by atoms with van der Waals surface area (Å²) in [6, 6.07) is 14.4. The molecule has 6 nitrogen and oxygen atoms in total. The Kier molecular flexibility index (Phi) is 6.90. The standard InChI is InChI=1S/C25H22F3NO5/c26-25(27,28)34-20-7-3-6-18(14-20)24(17-4-1-2-5-17)33-19-10-8-16(9-11-19)21(15-23(30)31)22-12-13-32-29-22/h1,3-4,6-14,17,21,24H,2,5,15H2,(H,30,31). The lowest BCUT2D eigenvalue weighted by Crippen LogP contribution is -2.19. The van der Waals surface area contributed by atoms with Crippen molar-refractivity contribution in [2.24, 2.45) is 5.92 Å². The van der Waals surface area contributed by atoms with Crippen molar-refractivity contribution in [3.8, 4) is 11.5 Å². The van der Waals surface area contributed by atoms with Crippen molar-refractivity contribution < 1.29 is 37.1 Å². The van der Waals surface area contributed by atoms with Crippen LogP contribution >= 0.6 is 0 Å². The van der Waals surface area contributed by atoms with Crippen LogP contribution < -0.4 is 9.47 Å². The predicted octanol–water partition coefficient (Wildman–Crippen LogP) is 6.27. The molecule has 0 saturated carbocycles. The Morgan fingerprint density at radius 1 is 1.12 bits per heavy atom. The maximum atomic E-state index is 12.7. The van der Waals surface area contributed by atoms with E-state index in [0.29, 0.717) is 17.0 Å². The predicted molar refractivity (Wildman–Crippen MR) is 115 cm³/mol. The first-order valence-corrected chi connectivity index (χ1v) is 10.7. The minimum Gasteiger partial charge on any atom is -0.485 e. The van der Waals surface area contributed by atoms with E-state index >= 15 is 0 Å². The first kappa shape index (κ1) is 23.4. The van der Waals surface area contributed by atoms with Gasteiger partial charge < -0.3 is 19.1 Å². The normalized spacial score (nSPS) is 17.3. The molecule has 1 heterocycles. The van der Waals surface area contributed by atoms with Gasteiger partial charge in [-0.25, -0.2) is 0 Å². The highest BCUT2D eigenvalue weighted by Gasteiger charge is 2.32. The largest absolute Gasteiger partial charge is 0.573 e. The van der Waals surface area contributed by atoms with Gasteiger partial charge in [0, 0.05) is 17.9 Å². The molecule has 9 heteroatoms. The number of allylic oxidation sites excluding steroid dienone is 1. The van der Waals surface area contributed by atoms with Gasteiger partial charge in [0.1, 0.15) is 23.9 Å². The number of rotatable bonds is 9. The lowest BCUT2D eigenvalue weighted by atomic mass is 9.92. The van der Waals surface area contributed by atoms with E-state index in [2.05, 4.69) is 9.89 Å². The van der Waals surface area contributed by atoms with E-state index in [1.165, 1.54) is 24.5 Å². The summed E-state index contributed by atoms with van der Waals surface area (Å²) in [5.74, 6) is -1.28. The number of carboxylic acid groups (broad SMARTS) is 1. The zero-order chi connectivity index (χ0) is 24.1.